The number of benzene rings is 1. The van der Waals surface area contributed by atoms with Gasteiger partial charge in [0, 0.05) is 6.54 Å². The number of rotatable bonds is 4. The zero-order chi connectivity index (χ0) is 12.2. The maximum atomic E-state index is 11.6. The van der Waals surface area contributed by atoms with Crippen LogP contribution in [0, 0.1) is 11.3 Å². The van der Waals surface area contributed by atoms with Crippen LogP contribution >= 0.6 is 11.6 Å². The van der Waals surface area contributed by atoms with Gasteiger partial charge in [-0.05, 0) is 18.2 Å². The first-order chi connectivity index (χ1) is 7.51. The van der Waals surface area contributed by atoms with Crippen LogP contribution in [0.5, 0.6) is 0 Å². The van der Waals surface area contributed by atoms with Crippen LogP contribution in [0.15, 0.2) is 23.1 Å². The Kier molecular flexibility index (Phi) is 4.26. The molecular formula is C9H9ClN2O3S. The van der Waals surface area contributed by atoms with Crippen LogP contribution in [0.25, 0.3) is 0 Å². The van der Waals surface area contributed by atoms with Gasteiger partial charge < -0.3 is 5.11 Å². The molecule has 7 heteroatoms. The van der Waals surface area contributed by atoms with Gasteiger partial charge >= 0.3 is 0 Å². The van der Waals surface area contributed by atoms with E-state index in [9.17, 15) is 8.42 Å². The lowest BCUT2D eigenvalue weighted by Gasteiger charge is -2.05. The van der Waals surface area contributed by atoms with E-state index < -0.39 is 10.0 Å². The van der Waals surface area contributed by atoms with Crippen molar-refractivity contribution in [1.82, 2.24) is 4.72 Å². The molecule has 1 rings (SSSR count). The molecule has 1 aromatic rings. The van der Waals surface area contributed by atoms with E-state index >= 15 is 0 Å². The van der Waals surface area contributed by atoms with Crippen molar-refractivity contribution in [1.29, 1.82) is 5.26 Å². The van der Waals surface area contributed by atoms with Crippen molar-refractivity contribution >= 4 is 21.6 Å². The van der Waals surface area contributed by atoms with E-state index in [4.69, 9.17) is 22.0 Å². The molecule has 0 unspecified atom stereocenters. The molecule has 2 N–H and O–H groups in total. The van der Waals surface area contributed by atoms with Gasteiger partial charge in [-0.3, -0.25) is 0 Å². The monoisotopic (exact) mass is 260 g/mol. The standard InChI is InChI=1S/C9H9ClN2O3S/c10-9-5-8(2-1-7(9)6-11)16(14,15)12-3-4-13/h1-2,5,12-13H,3-4H2. The second-order valence-corrected chi connectivity index (χ2v) is 5.05. The SMILES string of the molecule is N#Cc1ccc(S(=O)(=O)NCCO)cc1Cl. The van der Waals surface area contributed by atoms with Gasteiger partial charge in [0.2, 0.25) is 10.0 Å². The fraction of sp³-hybridized carbons (Fsp3) is 0.222. The molecule has 0 atom stereocenters. The molecule has 16 heavy (non-hydrogen) atoms. The first-order valence-electron chi connectivity index (χ1n) is 4.31. The Morgan fingerprint density at radius 2 is 2.19 bits per heavy atom. The summed E-state index contributed by atoms with van der Waals surface area (Å²) in [6, 6.07) is 5.64. The van der Waals surface area contributed by atoms with Crippen molar-refractivity contribution in [2.45, 2.75) is 4.90 Å². The van der Waals surface area contributed by atoms with Gasteiger partial charge in [0.25, 0.3) is 0 Å². The van der Waals surface area contributed by atoms with Crippen molar-refractivity contribution in [3.63, 3.8) is 0 Å². The maximum absolute atomic E-state index is 11.6. The molecular weight excluding hydrogens is 252 g/mol. The van der Waals surface area contributed by atoms with Crippen LogP contribution in [-0.4, -0.2) is 26.7 Å². The molecule has 0 heterocycles. The molecule has 5 nitrogen and oxygen atoms in total. The van der Waals surface area contributed by atoms with Gasteiger partial charge in [-0.25, -0.2) is 13.1 Å². The molecule has 0 aliphatic rings. The first-order valence-corrected chi connectivity index (χ1v) is 6.17. The number of halogens is 1. The van der Waals surface area contributed by atoms with Crippen molar-refractivity contribution in [3.05, 3.63) is 28.8 Å². The van der Waals surface area contributed by atoms with Crippen molar-refractivity contribution < 1.29 is 13.5 Å². The molecule has 0 spiro atoms. The zero-order valence-corrected chi connectivity index (χ0v) is 9.72. The second kappa shape index (κ2) is 5.27. The fourth-order valence-corrected chi connectivity index (χ4v) is 2.35. The Balaban J connectivity index is 3.07. The minimum atomic E-state index is -3.67. The highest BCUT2D eigenvalue weighted by molar-refractivity contribution is 7.89. The van der Waals surface area contributed by atoms with Crippen LogP contribution in [0.4, 0.5) is 0 Å². The summed E-state index contributed by atoms with van der Waals surface area (Å²) in [5, 5.41) is 17.2. The number of aliphatic hydroxyl groups excluding tert-OH is 1. The minimum Gasteiger partial charge on any atom is -0.395 e. The van der Waals surface area contributed by atoms with Crippen molar-refractivity contribution in [2.24, 2.45) is 0 Å². The van der Waals surface area contributed by atoms with Gasteiger partial charge in [-0.1, -0.05) is 11.6 Å². The molecule has 0 aliphatic carbocycles. The second-order valence-electron chi connectivity index (χ2n) is 2.87. The van der Waals surface area contributed by atoms with Gasteiger partial charge in [0.1, 0.15) is 6.07 Å². The minimum absolute atomic E-state index is 0.0371. The topological polar surface area (TPSA) is 90.2 Å². The van der Waals surface area contributed by atoms with Crippen molar-refractivity contribution in [2.75, 3.05) is 13.2 Å². The summed E-state index contributed by atoms with van der Waals surface area (Å²) in [5.74, 6) is 0. The van der Waals surface area contributed by atoms with Crippen molar-refractivity contribution in [3.8, 4) is 6.07 Å². The number of hydrogen-bond donors (Lipinski definition) is 2. The summed E-state index contributed by atoms with van der Waals surface area (Å²) < 4.78 is 25.3. The first kappa shape index (κ1) is 12.9. The molecule has 1 aromatic carbocycles. The highest BCUT2D eigenvalue weighted by Gasteiger charge is 2.14. The highest BCUT2D eigenvalue weighted by atomic mass is 35.5. The predicted molar refractivity (Wildman–Crippen MR) is 58.4 cm³/mol. The normalized spacial score (nSPS) is 11.1. The number of nitrogens with zero attached hydrogens (tertiary/aromatic N) is 1. The molecule has 86 valence electrons. The lowest BCUT2D eigenvalue weighted by molar-refractivity contribution is 0.301. The number of aliphatic hydroxyl groups is 1. The third-order valence-electron chi connectivity index (χ3n) is 1.78. The third-order valence-corrected chi connectivity index (χ3v) is 3.55. The van der Waals surface area contributed by atoms with E-state index in [1.807, 2.05) is 6.07 Å². The number of nitriles is 1. The smallest absolute Gasteiger partial charge is 0.240 e. The van der Waals surface area contributed by atoms with E-state index in [0.29, 0.717) is 0 Å². The molecule has 0 aromatic heterocycles. The number of nitrogens with one attached hydrogen (secondary N) is 1. The van der Waals surface area contributed by atoms with Crippen LogP contribution in [0.1, 0.15) is 5.56 Å². The summed E-state index contributed by atoms with van der Waals surface area (Å²) >= 11 is 5.71. The van der Waals surface area contributed by atoms with E-state index in [-0.39, 0.29) is 28.6 Å². The third kappa shape index (κ3) is 2.93. The van der Waals surface area contributed by atoms with Gasteiger partial charge in [0.15, 0.2) is 0 Å². The largest absolute Gasteiger partial charge is 0.395 e. The quantitative estimate of drug-likeness (QED) is 0.824. The van der Waals surface area contributed by atoms with Crippen LogP contribution < -0.4 is 4.72 Å². The molecule has 0 fully saturated rings. The number of hydrogen-bond acceptors (Lipinski definition) is 4. The molecule has 0 radical (unpaired) electrons. The zero-order valence-electron chi connectivity index (χ0n) is 8.14. The molecule has 0 bridgehead atoms. The summed E-state index contributed by atoms with van der Waals surface area (Å²) in [7, 11) is -3.67. The van der Waals surface area contributed by atoms with Crippen LogP contribution in [0.3, 0.4) is 0 Å². The summed E-state index contributed by atoms with van der Waals surface area (Å²) in [6.45, 7) is -0.358. The Bertz CT molecular complexity index is 522. The number of sulfonamides is 1. The Morgan fingerprint density at radius 3 is 2.69 bits per heavy atom. The van der Waals surface area contributed by atoms with Gasteiger partial charge in [-0.2, -0.15) is 5.26 Å². The highest BCUT2D eigenvalue weighted by Crippen LogP contribution is 2.19. The molecule has 0 saturated heterocycles. The van der Waals surface area contributed by atoms with E-state index in [1.165, 1.54) is 18.2 Å². The molecule has 0 amide bonds. The van der Waals surface area contributed by atoms with E-state index in [0.717, 1.165) is 0 Å². The maximum Gasteiger partial charge on any atom is 0.240 e. The average Bonchev–Trinajstić information content (AvgIpc) is 2.26. The summed E-state index contributed by atoms with van der Waals surface area (Å²) in [6.07, 6.45) is 0. The average molecular weight is 261 g/mol. The van der Waals surface area contributed by atoms with E-state index in [1.54, 1.807) is 0 Å². The molecule has 0 saturated carbocycles. The predicted octanol–water partition coefficient (Wildman–Crippen LogP) is 0.482. The lowest BCUT2D eigenvalue weighted by atomic mass is 10.2. The fourth-order valence-electron chi connectivity index (χ4n) is 1.02. The summed E-state index contributed by atoms with van der Waals surface area (Å²) in [4.78, 5) is -0.0371. The Hall–Kier alpha value is -1.13. The van der Waals surface area contributed by atoms with Crippen LogP contribution in [-0.2, 0) is 10.0 Å². The summed E-state index contributed by atoms with van der Waals surface area (Å²) in [5.41, 5.74) is 0.211. The molecule has 0 aliphatic heterocycles. The lowest BCUT2D eigenvalue weighted by Crippen LogP contribution is -2.26. The van der Waals surface area contributed by atoms with E-state index in [2.05, 4.69) is 4.72 Å². The van der Waals surface area contributed by atoms with Crippen LogP contribution in [0.2, 0.25) is 5.02 Å². The van der Waals surface area contributed by atoms with Gasteiger partial charge in [0.05, 0.1) is 22.1 Å². The van der Waals surface area contributed by atoms with Gasteiger partial charge in [-0.15, -0.1) is 0 Å². The Labute approximate surface area is 98.3 Å². The Morgan fingerprint density at radius 1 is 1.50 bits per heavy atom.